The fourth-order valence-electron chi connectivity index (χ4n) is 2.62. The Kier molecular flexibility index (Phi) is 3.97. The lowest BCUT2D eigenvalue weighted by Crippen LogP contribution is -2.46. The third kappa shape index (κ3) is 2.63. The second kappa shape index (κ2) is 5.46. The molecule has 1 saturated heterocycles. The molecule has 2 heteroatoms. The van der Waals surface area contributed by atoms with Gasteiger partial charge in [0.15, 0.2) is 0 Å². The van der Waals surface area contributed by atoms with Gasteiger partial charge >= 0.3 is 0 Å². The molecule has 1 aromatic rings. The largest absolute Gasteiger partial charge is 0.395 e. The standard InChI is InChI=1S/C14H21NO/c1-12-6-5-9-14(11-16)15(12)10-13-7-3-2-4-8-13/h2-4,7-8,12,14,16H,5-6,9-11H2,1H3. The second-order valence-electron chi connectivity index (χ2n) is 4.77. The van der Waals surface area contributed by atoms with Gasteiger partial charge in [-0.15, -0.1) is 0 Å². The van der Waals surface area contributed by atoms with Gasteiger partial charge in [-0.25, -0.2) is 0 Å². The lowest BCUT2D eigenvalue weighted by atomic mass is 9.96. The van der Waals surface area contributed by atoms with Crippen LogP contribution in [0.3, 0.4) is 0 Å². The van der Waals surface area contributed by atoms with E-state index in [1.54, 1.807) is 0 Å². The summed E-state index contributed by atoms with van der Waals surface area (Å²) in [5.74, 6) is 0. The molecule has 2 atom stereocenters. The molecule has 0 saturated carbocycles. The fraction of sp³-hybridized carbons (Fsp3) is 0.571. The lowest BCUT2D eigenvalue weighted by molar-refractivity contribution is 0.0452. The number of hydrogen-bond donors (Lipinski definition) is 1. The van der Waals surface area contributed by atoms with Crippen molar-refractivity contribution in [1.29, 1.82) is 0 Å². The van der Waals surface area contributed by atoms with E-state index in [2.05, 4.69) is 36.1 Å². The molecular weight excluding hydrogens is 198 g/mol. The molecular formula is C14H21NO. The van der Waals surface area contributed by atoms with Crippen molar-refractivity contribution < 1.29 is 5.11 Å². The quantitative estimate of drug-likeness (QED) is 0.844. The summed E-state index contributed by atoms with van der Waals surface area (Å²) in [4.78, 5) is 2.44. The number of benzene rings is 1. The van der Waals surface area contributed by atoms with Crippen molar-refractivity contribution in [3.8, 4) is 0 Å². The predicted octanol–water partition coefficient (Wildman–Crippen LogP) is 2.42. The molecule has 1 aliphatic heterocycles. The number of rotatable bonds is 3. The van der Waals surface area contributed by atoms with Gasteiger partial charge in [0.1, 0.15) is 0 Å². The van der Waals surface area contributed by atoms with Crippen molar-refractivity contribution >= 4 is 0 Å². The first-order chi connectivity index (χ1) is 7.81. The van der Waals surface area contributed by atoms with Gasteiger partial charge < -0.3 is 5.11 Å². The van der Waals surface area contributed by atoms with E-state index in [0.717, 1.165) is 13.0 Å². The molecule has 0 spiro atoms. The maximum Gasteiger partial charge on any atom is 0.0587 e. The Morgan fingerprint density at radius 2 is 2.00 bits per heavy atom. The normalized spacial score (nSPS) is 26.9. The minimum absolute atomic E-state index is 0.289. The third-order valence-electron chi connectivity index (χ3n) is 3.61. The summed E-state index contributed by atoms with van der Waals surface area (Å²) in [6.07, 6.45) is 3.63. The molecule has 16 heavy (non-hydrogen) atoms. The summed E-state index contributed by atoms with van der Waals surface area (Å²) in [6, 6.07) is 11.5. The number of aliphatic hydroxyl groups is 1. The fourth-order valence-corrected chi connectivity index (χ4v) is 2.62. The van der Waals surface area contributed by atoms with Gasteiger partial charge in [-0.1, -0.05) is 36.8 Å². The lowest BCUT2D eigenvalue weighted by Gasteiger charge is -2.40. The Balaban J connectivity index is 2.05. The van der Waals surface area contributed by atoms with E-state index in [-0.39, 0.29) is 6.61 Å². The van der Waals surface area contributed by atoms with Crippen molar-refractivity contribution in [3.05, 3.63) is 35.9 Å². The summed E-state index contributed by atoms with van der Waals surface area (Å²) in [7, 11) is 0. The Labute approximate surface area is 97.9 Å². The van der Waals surface area contributed by atoms with Gasteiger partial charge in [-0.05, 0) is 25.3 Å². The van der Waals surface area contributed by atoms with Crippen molar-refractivity contribution in [2.75, 3.05) is 6.61 Å². The molecule has 0 aliphatic carbocycles. The van der Waals surface area contributed by atoms with Gasteiger partial charge in [0.25, 0.3) is 0 Å². The highest BCUT2D eigenvalue weighted by Gasteiger charge is 2.26. The third-order valence-corrected chi connectivity index (χ3v) is 3.61. The van der Waals surface area contributed by atoms with Crippen LogP contribution in [0.1, 0.15) is 31.7 Å². The van der Waals surface area contributed by atoms with Gasteiger partial charge in [0.05, 0.1) is 6.61 Å². The number of aliphatic hydroxyl groups excluding tert-OH is 1. The minimum atomic E-state index is 0.289. The molecule has 0 aromatic heterocycles. The van der Waals surface area contributed by atoms with Crippen LogP contribution in [-0.4, -0.2) is 28.7 Å². The molecule has 1 N–H and O–H groups in total. The van der Waals surface area contributed by atoms with Crippen LogP contribution in [0.5, 0.6) is 0 Å². The Hall–Kier alpha value is -0.860. The zero-order valence-corrected chi connectivity index (χ0v) is 9.97. The van der Waals surface area contributed by atoms with Crippen LogP contribution in [0, 0.1) is 0 Å². The number of likely N-dealkylation sites (tertiary alicyclic amines) is 1. The highest BCUT2D eigenvalue weighted by atomic mass is 16.3. The van der Waals surface area contributed by atoms with Crippen LogP contribution in [0.15, 0.2) is 30.3 Å². The first-order valence-electron chi connectivity index (χ1n) is 6.22. The summed E-state index contributed by atoms with van der Waals surface area (Å²) in [6.45, 7) is 3.52. The van der Waals surface area contributed by atoms with E-state index in [9.17, 15) is 5.11 Å². The molecule has 88 valence electrons. The Bertz CT molecular complexity index is 312. The summed E-state index contributed by atoms with van der Waals surface area (Å²) in [5.41, 5.74) is 1.34. The van der Waals surface area contributed by atoms with Crippen molar-refractivity contribution in [1.82, 2.24) is 4.90 Å². The van der Waals surface area contributed by atoms with Crippen LogP contribution in [0.4, 0.5) is 0 Å². The number of nitrogens with zero attached hydrogens (tertiary/aromatic N) is 1. The Morgan fingerprint density at radius 1 is 1.25 bits per heavy atom. The average Bonchev–Trinajstić information content (AvgIpc) is 2.33. The maximum absolute atomic E-state index is 9.42. The van der Waals surface area contributed by atoms with E-state index in [4.69, 9.17) is 0 Å². The molecule has 2 nitrogen and oxygen atoms in total. The zero-order chi connectivity index (χ0) is 11.4. The first-order valence-corrected chi connectivity index (χ1v) is 6.22. The molecule has 1 fully saturated rings. The van der Waals surface area contributed by atoms with Gasteiger partial charge in [0.2, 0.25) is 0 Å². The minimum Gasteiger partial charge on any atom is -0.395 e. The van der Waals surface area contributed by atoms with E-state index < -0.39 is 0 Å². The molecule has 1 heterocycles. The Morgan fingerprint density at radius 3 is 2.69 bits per heavy atom. The van der Waals surface area contributed by atoms with E-state index in [0.29, 0.717) is 12.1 Å². The molecule has 1 aliphatic rings. The van der Waals surface area contributed by atoms with Crippen LogP contribution in [0.2, 0.25) is 0 Å². The number of piperidine rings is 1. The highest BCUT2D eigenvalue weighted by molar-refractivity contribution is 5.14. The summed E-state index contributed by atoms with van der Waals surface area (Å²) in [5, 5.41) is 9.42. The van der Waals surface area contributed by atoms with E-state index >= 15 is 0 Å². The van der Waals surface area contributed by atoms with Crippen LogP contribution < -0.4 is 0 Å². The monoisotopic (exact) mass is 219 g/mol. The van der Waals surface area contributed by atoms with E-state index in [1.165, 1.54) is 18.4 Å². The molecule has 1 aromatic carbocycles. The first kappa shape index (κ1) is 11.6. The van der Waals surface area contributed by atoms with Crippen molar-refractivity contribution in [2.24, 2.45) is 0 Å². The van der Waals surface area contributed by atoms with Crippen LogP contribution in [-0.2, 0) is 6.54 Å². The van der Waals surface area contributed by atoms with Crippen molar-refractivity contribution in [3.63, 3.8) is 0 Å². The summed E-state index contributed by atoms with van der Waals surface area (Å²) >= 11 is 0. The van der Waals surface area contributed by atoms with E-state index in [1.807, 2.05) is 6.07 Å². The zero-order valence-electron chi connectivity index (χ0n) is 9.97. The van der Waals surface area contributed by atoms with Crippen LogP contribution in [0.25, 0.3) is 0 Å². The molecule has 0 radical (unpaired) electrons. The van der Waals surface area contributed by atoms with Crippen molar-refractivity contribution in [2.45, 2.75) is 44.8 Å². The second-order valence-corrected chi connectivity index (χ2v) is 4.77. The smallest absolute Gasteiger partial charge is 0.0587 e. The molecule has 2 rings (SSSR count). The predicted molar refractivity (Wildman–Crippen MR) is 66.2 cm³/mol. The van der Waals surface area contributed by atoms with Crippen LogP contribution >= 0.6 is 0 Å². The SMILES string of the molecule is CC1CCCC(CO)N1Cc1ccccc1. The molecule has 2 unspecified atom stereocenters. The highest BCUT2D eigenvalue weighted by Crippen LogP contribution is 2.24. The topological polar surface area (TPSA) is 23.5 Å². The van der Waals surface area contributed by atoms with Gasteiger partial charge in [0, 0.05) is 18.6 Å². The molecule has 0 bridgehead atoms. The molecule has 0 amide bonds. The maximum atomic E-state index is 9.42. The van der Waals surface area contributed by atoms with Gasteiger partial charge in [-0.3, -0.25) is 4.90 Å². The number of hydrogen-bond acceptors (Lipinski definition) is 2. The summed E-state index contributed by atoms with van der Waals surface area (Å²) < 4.78 is 0. The van der Waals surface area contributed by atoms with Gasteiger partial charge in [-0.2, -0.15) is 0 Å². The average molecular weight is 219 g/mol.